The second-order valence-electron chi connectivity index (χ2n) is 6.84. The number of hydrogen-bond acceptors (Lipinski definition) is 1. The largest absolute Gasteiger partial charge is 1.00 e. The lowest BCUT2D eigenvalue weighted by Crippen LogP contribution is -3.00. The first-order valence-electron chi connectivity index (χ1n) is 7.23. The van der Waals surface area contributed by atoms with Crippen molar-refractivity contribution in [3.63, 3.8) is 0 Å². The lowest BCUT2D eigenvalue weighted by atomic mass is 9.91. The Morgan fingerprint density at radius 1 is 0.944 bits per heavy atom. The third kappa shape index (κ3) is 9.18. The number of nitrogens with zero attached hydrogens (tertiary/aromatic N) is 1. The summed E-state index contributed by atoms with van der Waals surface area (Å²) >= 11 is 0. The molecule has 1 N–H and O–H groups in total. The van der Waals surface area contributed by atoms with Crippen LogP contribution in [0.2, 0.25) is 0 Å². The van der Waals surface area contributed by atoms with Crippen LogP contribution in [-0.2, 0) is 0 Å². The zero-order valence-corrected chi connectivity index (χ0v) is 14.1. The maximum Gasteiger partial charge on any atom is 0.117 e. The molecule has 0 fully saturated rings. The predicted molar refractivity (Wildman–Crippen MR) is 76.1 cm³/mol. The average molecular weight is 280 g/mol. The highest BCUT2D eigenvalue weighted by molar-refractivity contribution is 4.78. The van der Waals surface area contributed by atoms with Crippen molar-refractivity contribution in [1.82, 2.24) is 0 Å². The SMILES string of the molecule is CCCCCCCCC(C(C)(C)O)[N+](C)(C)C.[Cl-]. The van der Waals surface area contributed by atoms with E-state index in [1.807, 2.05) is 13.8 Å². The molecule has 0 rings (SSSR count). The van der Waals surface area contributed by atoms with Crippen LogP contribution in [0.1, 0.15) is 65.7 Å². The Morgan fingerprint density at radius 3 is 1.78 bits per heavy atom. The number of rotatable bonds is 9. The first kappa shape index (κ1) is 20.5. The zero-order valence-electron chi connectivity index (χ0n) is 13.3. The fraction of sp³-hybridized carbons (Fsp3) is 1.00. The van der Waals surface area contributed by atoms with E-state index in [4.69, 9.17) is 0 Å². The van der Waals surface area contributed by atoms with Crippen molar-refractivity contribution >= 4 is 0 Å². The first-order valence-corrected chi connectivity index (χ1v) is 7.23. The first-order chi connectivity index (χ1) is 7.69. The quantitative estimate of drug-likeness (QED) is 0.484. The van der Waals surface area contributed by atoms with Gasteiger partial charge in [0.2, 0.25) is 0 Å². The van der Waals surface area contributed by atoms with Gasteiger partial charge in [0.25, 0.3) is 0 Å². The molecule has 18 heavy (non-hydrogen) atoms. The lowest BCUT2D eigenvalue weighted by Gasteiger charge is -2.41. The monoisotopic (exact) mass is 279 g/mol. The second-order valence-corrected chi connectivity index (χ2v) is 6.84. The van der Waals surface area contributed by atoms with E-state index in [9.17, 15) is 5.11 Å². The highest BCUT2D eigenvalue weighted by atomic mass is 35.5. The Bertz CT molecular complexity index is 180. The minimum Gasteiger partial charge on any atom is -1.00 e. The molecule has 0 heterocycles. The molecule has 0 aromatic carbocycles. The van der Waals surface area contributed by atoms with Gasteiger partial charge in [-0.2, -0.15) is 0 Å². The van der Waals surface area contributed by atoms with Crippen LogP contribution in [0, 0.1) is 0 Å². The number of halogens is 1. The molecule has 2 nitrogen and oxygen atoms in total. The molecular weight excluding hydrogens is 246 g/mol. The Morgan fingerprint density at radius 2 is 1.39 bits per heavy atom. The van der Waals surface area contributed by atoms with E-state index in [2.05, 4.69) is 28.1 Å². The molecule has 3 heteroatoms. The van der Waals surface area contributed by atoms with Gasteiger partial charge in [-0.05, 0) is 20.3 Å². The van der Waals surface area contributed by atoms with E-state index in [0.29, 0.717) is 6.04 Å². The Hall–Kier alpha value is 0.210. The van der Waals surface area contributed by atoms with Crippen molar-refractivity contribution in [1.29, 1.82) is 0 Å². The van der Waals surface area contributed by atoms with Crippen molar-refractivity contribution in [2.24, 2.45) is 0 Å². The molecule has 0 amide bonds. The Balaban J connectivity index is 0. The summed E-state index contributed by atoms with van der Waals surface area (Å²) in [6.07, 6.45) is 9.08. The Labute approximate surface area is 121 Å². The van der Waals surface area contributed by atoms with Gasteiger partial charge in [0.1, 0.15) is 11.6 Å². The molecule has 1 atom stereocenters. The van der Waals surface area contributed by atoms with Crippen LogP contribution in [0.15, 0.2) is 0 Å². The zero-order chi connectivity index (χ0) is 13.5. The third-order valence-corrected chi connectivity index (χ3v) is 3.58. The van der Waals surface area contributed by atoms with Gasteiger partial charge in [-0.3, -0.25) is 0 Å². The molecule has 0 aliphatic rings. The normalized spacial score (nSPS) is 14.2. The van der Waals surface area contributed by atoms with Crippen molar-refractivity contribution in [2.45, 2.75) is 77.4 Å². The molecule has 0 bridgehead atoms. The van der Waals surface area contributed by atoms with Crippen molar-refractivity contribution < 1.29 is 22.0 Å². The van der Waals surface area contributed by atoms with Gasteiger partial charge < -0.3 is 22.0 Å². The molecule has 0 radical (unpaired) electrons. The van der Waals surface area contributed by atoms with E-state index in [-0.39, 0.29) is 12.4 Å². The summed E-state index contributed by atoms with van der Waals surface area (Å²) in [5.74, 6) is 0. The molecule has 112 valence electrons. The summed E-state index contributed by atoms with van der Waals surface area (Å²) in [5, 5.41) is 10.2. The van der Waals surface area contributed by atoms with Crippen molar-refractivity contribution in [3.8, 4) is 0 Å². The maximum absolute atomic E-state index is 10.2. The lowest BCUT2D eigenvalue weighted by molar-refractivity contribution is -0.903. The van der Waals surface area contributed by atoms with Crippen LogP contribution < -0.4 is 12.4 Å². The van der Waals surface area contributed by atoms with Crippen LogP contribution in [0.5, 0.6) is 0 Å². The molecule has 0 aromatic heterocycles. The van der Waals surface area contributed by atoms with Gasteiger partial charge in [-0.25, -0.2) is 0 Å². The molecule has 0 aromatic rings. The van der Waals surface area contributed by atoms with Crippen molar-refractivity contribution in [2.75, 3.05) is 21.1 Å². The van der Waals surface area contributed by atoms with E-state index in [1.165, 1.54) is 38.5 Å². The average Bonchev–Trinajstić information content (AvgIpc) is 2.12. The fourth-order valence-electron chi connectivity index (χ4n) is 2.81. The van der Waals surface area contributed by atoms with Crippen LogP contribution in [0.3, 0.4) is 0 Å². The molecular formula is C15H34ClNO. The van der Waals surface area contributed by atoms with Crippen LogP contribution in [0.4, 0.5) is 0 Å². The smallest absolute Gasteiger partial charge is 0.117 e. The van der Waals surface area contributed by atoms with Gasteiger partial charge in [0, 0.05) is 6.42 Å². The molecule has 0 aliphatic carbocycles. The minimum absolute atomic E-state index is 0. The number of quaternary nitrogens is 1. The van der Waals surface area contributed by atoms with Crippen molar-refractivity contribution in [3.05, 3.63) is 0 Å². The van der Waals surface area contributed by atoms with Gasteiger partial charge in [-0.1, -0.05) is 39.0 Å². The minimum atomic E-state index is -0.582. The summed E-state index contributed by atoms with van der Waals surface area (Å²) in [6, 6.07) is 0.327. The number of likely N-dealkylation sites (N-methyl/N-ethyl adjacent to an activating group) is 1. The van der Waals surface area contributed by atoms with Crippen LogP contribution in [0.25, 0.3) is 0 Å². The molecule has 0 saturated carbocycles. The number of unbranched alkanes of at least 4 members (excludes halogenated alkanes) is 5. The number of aliphatic hydroxyl groups is 1. The number of hydrogen-bond donors (Lipinski definition) is 1. The molecule has 0 aliphatic heterocycles. The van der Waals surface area contributed by atoms with Gasteiger partial charge in [-0.15, -0.1) is 0 Å². The molecule has 0 spiro atoms. The maximum atomic E-state index is 10.2. The highest BCUT2D eigenvalue weighted by Gasteiger charge is 2.36. The summed E-state index contributed by atoms with van der Waals surface area (Å²) in [6.45, 7) is 6.14. The summed E-state index contributed by atoms with van der Waals surface area (Å²) in [4.78, 5) is 0. The highest BCUT2D eigenvalue weighted by Crippen LogP contribution is 2.24. The van der Waals surface area contributed by atoms with E-state index in [1.54, 1.807) is 0 Å². The molecule has 1 unspecified atom stereocenters. The van der Waals surface area contributed by atoms with Gasteiger partial charge in [0.15, 0.2) is 0 Å². The fourth-order valence-corrected chi connectivity index (χ4v) is 2.81. The van der Waals surface area contributed by atoms with E-state index in [0.717, 1.165) is 10.9 Å². The standard InChI is InChI=1S/C15H34NO.ClH/c1-7-8-9-10-11-12-13-14(15(2,3)17)16(4,5)6;/h14,17H,7-13H2,1-6H3;1H/q+1;/p-1. The second kappa shape index (κ2) is 9.17. The Kier molecular flexibility index (Phi) is 10.5. The van der Waals surface area contributed by atoms with Gasteiger partial charge in [0.05, 0.1) is 21.1 Å². The van der Waals surface area contributed by atoms with Gasteiger partial charge >= 0.3 is 0 Å². The summed E-state index contributed by atoms with van der Waals surface area (Å²) < 4.78 is 0.846. The summed E-state index contributed by atoms with van der Waals surface area (Å²) in [7, 11) is 6.54. The topological polar surface area (TPSA) is 20.2 Å². The van der Waals surface area contributed by atoms with Crippen LogP contribution >= 0.6 is 0 Å². The predicted octanol–water partition coefficient (Wildman–Crippen LogP) is 0.587. The van der Waals surface area contributed by atoms with E-state index < -0.39 is 5.60 Å². The van der Waals surface area contributed by atoms with Crippen LogP contribution in [-0.4, -0.2) is 42.4 Å². The van der Waals surface area contributed by atoms with E-state index >= 15 is 0 Å². The summed E-state index contributed by atoms with van der Waals surface area (Å²) in [5.41, 5.74) is -0.582. The third-order valence-electron chi connectivity index (χ3n) is 3.58. The molecule has 0 saturated heterocycles.